The SMILES string of the molecule is CCC(CC)N(CCOC)C(=O)c1ccc(F)c(S)c1. The Kier molecular flexibility index (Phi) is 7.02. The Morgan fingerprint density at radius 2 is 2.05 bits per heavy atom. The standard InChI is InChI=1S/C15H22FNO2S/c1-4-12(5-2)17(8-9-19-3)15(18)11-6-7-13(16)14(20)10-11/h6-7,10,12,20H,4-5,8-9H2,1-3H3. The van der Waals surface area contributed by atoms with Crippen LogP contribution in [-0.2, 0) is 4.74 Å². The molecule has 0 aliphatic rings. The molecule has 0 N–H and O–H groups in total. The van der Waals surface area contributed by atoms with E-state index in [1.165, 1.54) is 18.2 Å². The highest BCUT2D eigenvalue weighted by molar-refractivity contribution is 7.80. The van der Waals surface area contributed by atoms with Crippen molar-refractivity contribution in [3.05, 3.63) is 29.6 Å². The number of amides is 1. The van der Waals surface area contributed by atoms with Crippen LogP contribution in [-0.4, -0.2) is 37.1 Å². The Labute approximate surface area is 125 Å². The van der Waals surface area contributed by atoms with Gasteiger partial charge < -0.3 is 9.64 Å². The van der Waals surface area contributed by atoms with E-state index in [4.69, 9.17) is 4.74 Å². The molecule has 0 radical (unpaired) electrons. The molecule has 0 atom stereocenters. The predicted octanol–water partition coefficient (Wildman–Crippen LogP) is 3.39. The number of rotatable bonds is 7. The lowest BCUT2D eigenvalue weighted by Crippen LogP contribution is -2.41. The summed E-state index contributed by atoms with van der Waals surface area (Å²) in [7, 11) is 1.61. The zero-order valence-corrected chi connectivity index (χ0v) is 13.1. The summed E-state index contributed by atoms with van der Waals surface area (Å²) < 4.78 is 18.3. The van der Waals surface area contributed by atoms with Crippen LogP contribution < -0.4 is 0 Å². The molecule has 0 heterocycles. The van der Waals surface area contributed by atoms with E-state index in [1.54, 1.807) is 12.0 Å². The van der Waals surface area contributed by atoms with Crippen molar-refractivity contribution in [3.8, 4) is 0 Å². The zero-order valence-electron chi connectivity index (χ0n) is 12.2. The molecule has 0 saturated heterocycles. The Bertz CT molecular complexity index is 449. The van der Waals surface area contributed by atoms with E-state index in [2.05, 4.69) is 26.5 Å². The molecule has 0 fully saturated rings. The summed E-state index contributed by atoms with van der Waals surface area (Å²) in [6, 6.07) is 4.41. The molecule has 0 spiro atoms. The molecular weight excluding hydrogens is 277 g/mol. The quantitative estimate of drug-likeness (QED) is 0.782. The number of carbonyl (C=O) groups is 1. The minimum Gasteiger partial charge on any atom is -0.383 e. The van der Waals surface area contributed by atoms with Crippen molar-refractivity contribution >= 4 is 18.5 Å². The lowest BCUT2D eigenvalue weighted by atomic mass is 10.1. The van der Waals surface area contributed by atoms with Gasteiger partial charge >= 0.3 is 0 Å². The summed E-state index contributed by atoms with van der Waals surface area (Å²) in [6.45, 7) is 5.12. The Morgan fingerprint density at radius 3 is 2.55 bits per heavy atom. The average molecular weight is 299 g/mol. The first-order chi connectivity index (χ1) is 9.54. The van der Waals surface area contributed by atoms with Gasteiger partial charge in [0, 0.05) is 30.2 Å². The van der Waals surface area contributed by atoms with Crippen LogP contribution in [0.25, 0.3) is 0 Å². The predicted molar refractivity (Wildman–Crippen MR) is 80.9 cm³/mol. The lowest BCUT2D eigenvalue weighted by molar-refractivity contribution is 0.0589. The van der Waals surface area contributed by atoms with E-state index in [0.29, 0.717) is 18.7 Å². The van der Waals surface area contributed by atoms with E-state index >= 15 is 0 Å². The number of methoxy groups -OCH3 is 1. The summed E-state index contributed by atoms with van der Waals surface area (Å²) in [5.74, 6) is -0.526. The molecule has 0 bridgehead atoms. The van der Waals surface area contributed by atoms with E-state index in [9.17, 15) is 9.18 Å². The second-order valence-electron chi connectivity index (χ2n) is 4.63. The maximum absolute atomic E-state index is 13.2. The van der Waals surface area contributed by atoms with Crippen LogP contribution in [0.3, 0.4) is 0 Å². The third-order valence-corrected chi connectivity index (χ3v) is 3.72. The Morgan fingerprint density at radius 1 is 1.40 bits per heavy atom. The molecular formula is C15H22FNO2S. The van der Waals surface area contributed by atoms with Crippen LogP contribution in [0.15, 0.2) is 23.1 Å². The number of thiol groups is 1. The molecule has 1 aromatic rings. The zero-order chi connectivity index (χ0) is 15.1. The molecule has 1 rings (SSSR count). The molecule has 3 nitrogen and oxygen atoms in total. The lowest BCUT2D eigenvalue weighted by Gasteiger charge is -2.30. The number of hydrogen-bond donors (Lipinski definition) is 1. The molecule has 112 valence electrons. The second-order valence-corrected chi connectivity index (χ2v) is 5.11. The van der Waals surface area contributed by atoms with E-state index in [-0.39, 0.29) is 16.8 Å². The topological polar surface area (TPSA) is 29.5 Å². The third kappa shape index (κ3) is 4.21. The molecule has 1 amide bonds. The van der Waals surface area contributed by atoms with E-state index < -0.39 is 5.82 Å². The molecule has 1 aromatic carbocycles. The van der Waals surface area contributed by atoms with Crippen molar-refractivity contribution in [2.75, 3.05) is 20.3 Å². The minimum absolute atomic E-state index is 0.106. The van der Waals surface area contributed by atoms with Crippen LogP contribution >= 0.6 is 12.6 Å². The van der Waals surface area contributed by atoms with Gasteiger partial charge in [-0.3, -0.25) is 4.79 Å². The average Bonchev–Trinajstić information content (AvgIpc) is 2.45. The fraction of sp³-hybridized carbons (Fsp3) is 0.533. The van der Waals surface area contributed by atoms with Crippen molar-refractivity contribution in [2.45, 2.75) is 37.6 Å². The molecule has 0 unspecified atom stereocenters. The summed E-state index contributed by atoms with van der Waals surface area (Å²) in [6.07, 6.45) is 1.75. The fourth-order valence-corrected chi connectivity index (χ4v) is 2.39. The maximum Gasteiger partial charge on any atom is 0.254 e. The van der Waals surface area contributed by atoms with Gasteiger partial charge in [-0.25, -0.2) is 4.39 Å². The van der Waals surface area contributed by atoms with Crippen LogP contribution in [0.5, 0.6) is 0 Å². The van der Waals surface area contributed by atoms with E-state index in [0.717, 1.165) is 12.8 Å². The van der Waals surface area contributed by atoms with Crippen molar-refractivity contribution in [1.82, 2.24) is 4.90 Å². The van der Waals surface area contributed by atoms with Gasteiger partial charge in [0.15, 0.2) is 0 Å². The fourth-order valence-electron chi connectivity index (χ4n) is 2.18. The van der Waals surface area contributed by atoms with Crippen molar-refractivity contribution < 1.29 is 13.9 Å². The van der Waals surface area contributed by atoms with Gasteiger partial charge in [-0.1, -0.05) is 13.8 Å². The van der Waals surface area contributed by atoms with Gasteiger partial charge in [0.05, 0.1) is 6.61 Å². The summed E-state index contributed by atoms with van der Waals surface area (Å²) >= 11 is 4.03. The second kappa shape index (κ2) is 8.27. The highest BCUT2D eigenvalue weighted by Gasteiger charge is 2.22. The monoisotopic (exact) mass is 299 g/mol. The molecule has 0 aliphatic carbocycles. The molecule has 20 heavy (non-hydrogen) atoms. The first-order valence-corrected chi connectivity index (χ1v) is 7.28. The number of ether oxygens (including phenoxy) is 1. The third-order valence-electron chi connectivity index (χ3n) is 3.37. The van der Waals surface area contributed by atoms with Crippen LogP contribution in [0.4, 0.5) is 4.39 Å². The van der Waals surface area contributed by atoms with Gasteiger partial charge in [0.1, 0.15) is 5.82 Å². The number of halogens is 1. The van der Waals surface area contributed by atoms with Gasteiger partial charge in [0.25, 0.3) is 5.91 Å². The normalized spacial score (nSPS) is 10.9. The van der Waals surface area contributed by atoms with Crippen molar-refractivity contribution in [3.63, 3.8) is 0 Å². The number of hydrogen-bond acceptors (Lipinski definition) is 3. The number of nitrogens with zero attached hydrogens (tertiary/aromatic N) is 1. The van der Waals surface area contributed by atoms with E-state index in [1.807, 2.05) is 0 Å². The first-order valence-electron chi connectivity index (χ1n) is 6.83. The highest BCUT2D eigenvalue weighted by Crippen LogP contribution is 2.18. The van der Waals surface area contributed by atoms with Crippen molar-refractivity contribution in [2.24, 2.45) is 0 Å². The molecule has 0 aliphatic heterocycles. The van der Waals surface area contributed by atoms with Crippen LogP contribution in [0, 0.1) is 5.82 Å². The van der Waals surface area contributed by atoms with Crippen LogP contribution in [0.2, 0.25) is 0 Å². The van der Waals surface area contributed by atoms with Crippen LogP contribution in [0.1, 0.15) is 37.0 Å². The Balaban J connectivity index is 2.99. The Hall–Kier alpha value is -1.07. The largest absolute Gasteiger partial charge is 0.383 e. The minimum atomic E-state index is -0.421. The number of benzene rings is 1. The summed E-state index contributed by atoms with van der Waals surface area (Å²) in [4.78, 5) is 14.6. The smallest absolute Gasteiger partial charge is 0.254 e. The maximum atomic E-state index is 13.2. The first kappa shape index (κ1) is 17.0. The molecule has 5 heteroatoms. The molecule has 0 aromatic heterocycles. The molecule has 0 saturated carbocycles. The van der Waals surface area contributed by atoms with Crippen molar-refractivity contribution in [1.29, 1.82) is 0 Å². The van der Waals surface area contributed by atoms with Gasteiger partial charge in [0.2, 0.25) is 0 Å². The highest BCUT2D eigenvalue weighted by atomic mass is 32.1. The number of carbonyl (C=O) groups excluding carboxylic acids is 1. The van der Waals surface area contributed by atoms with Gasteiger partial charge in [-0.2, -0.15) is 0 Å². The summed E-state index contributed by atoms with van der Waals surface area (Å²) in [5, 5.41) is 0. The van der Waals surface area contributed by atoms with Gasteiger partial charge in [-0.05, 0) is 31.0 Å². The van der Waals surface area contributed by atoms with Gasteiger partial charge in [-0.15, -0.1) is 12.6 Å². The summed E-state index contributed by atoms with van der Waals surface area (Å²) in [5.41, 5.74) is 0.458.